The van der Waals surface area contributed by atoms with Crippen molar-refractivity contribution in [1.82, 2.24) is 5.32 Å². The first-order valence-electron chi connectivity index (χ1n) is 7.58. The van der Waals surface area contributed by atoms with Gasteiger partial charge in [-0.3, -0.25) is 0 Å². The van der Waals surface area contributed by atoms with E-state index in [0.717, 1.165) is 23.0 Å². The molecule has 2 aromatic rings. The molecule has 2 N–H and O–H groups in total. The quantitative estimate of drug-likeness (QED) is 0.399. The minimum atomic E-state index is 0.541. The molecule has 0 saturated carbocycles. The first-order valence-corrected chi connectivity index (χ1v) is 9.35. The van der Waals surface area contributed by atoms with Crippen LogP contribution in [0.3, 0.4) is 0 Å². The Kier molecular flexibility index (Phi) is 7.21. The van der Waals surface area contributed by atoms with Crippen molar-refractivity contribution in [2.45, 2.75) is 24.7 Å². The maximum atomic E-state index is 5.87. The van der Waals surface area contributed by atoms with Crippen molar-refractivity contribution in [1.29, 1.82) is 0 Å². The van der Waals surface area contributed by atoms with Gasteiger partial charge in [0.05, 0.1) is 0 Å². The lowest BCUT2D eigenvalue weighted by Crippen LogP contribution is -2.30. The Labute approximate surface area is 153 Å². The van der Waals surface area contributed by atoms with Crippen molar-refractivity contribution in [3.63, 3.8) is 0 Å². The van der Waals surface area contributed by atoms with Gasteiger partial charge in [-0.1, -0.05) is 37.6 Å². The summed E-state index contributed by atoms with van der Waals surface area (Å²) in [6.45, 7) is 5.18. The smallest absolute Gasteiger partial charge is 0.170 e. The fourth-order valence-corrected chi connectivity index (χ4v) is 3.11. The fraction of sp³-hybridized carbons (Fsp3) is 0.278. The van der Waals surface area contributed by atoms with Gasteiger partial charge in [-0.25, -0.2) is 0 Å². The van der Waals surface area contributed by atoms with Gasteiger partial charge in [-0.2, -0.15) is 0 Å². The van der Waals surface area contributed by atoms with E-state index in [4.69, 9.17) is 23.8 Å². The summed E-state index contributed by atoms with van der Waals surface area (Å²) in [5.74, 6) is 1.48. The summed E-state index contributed by atoms with van der Waals surface area (Å²) in [5.41, 5.74) is 2.34. The Morgan fingerprint density at radius 1 is 1.09 bits per heavy atom. The van der Waals surface area contributed by atoms with Crippen LogP contribution in [0.25, 0.3) is 0 Å². The van der Waals surface area contributed by atoms with Gasteiger partial charge in [0.1, 0.15) is 0 Å². The van der Waals surface area contributed by atoms with Gasteiger partial charge < -0.3 is 10.6 Å². The lowest BCUT2D eigenvalue weighted by molar-refractivity contribution is 0.867. The molecule has 122 valence electrons. The van der Waals surface area contributed by atoms with E-state index in [2.05, 4.69) is 48.7 Å². The van der Waals surface area contributed by atoms with Crippen molar-refractivity contribution in [3.8, 4) is 0 Å². The molecule has 2 nitrogen and oxygen atoms in total. The van der Waals surface area contributed by atoms with E-state index in [0.29, 0.717) is 11.0 Å². The molecule has 0 bridgehead atoms. The number of thioether (sulfide) groups is 1. The number of halogens is 1. The molecule has 2 aromatic carbocycles. The van der Waals surface area contributed by atoms with Crippen LogP contribution in [-0.2, 0) is 0 Å². The number of hydrogen-bond donors (Lipinski definition) is 2. The first-order chi connectivity index (χ1) is 11.0. The minimum Gasteiger partial charge on any atom is -0.362 e. The van der Waals surface area contributed by atoms with Crippen molar-refractivity contribution >= 4 is 46.4 Å². The molecule has 0 amide bonds. The van der Waals surface area contributed by atoms with Gasteiger partial charge in [0.15, 0.2) is 5.11 Å². The normalized spacial score (nSPS) is 10.6. The number of benzene rings is 2. The van der Waals surface area contributed by atoms with E-state index in [1.165, 1.54) is 10.5 Å². The highest BCUT2D eigenvalue weighted by Gasteiger charge is 2.01. The summed E-state index contributed by atoms with van der Waals surface area (Å²) in [6, 6.07) is 16.3. The summed E-state index contributed by atoms with van der Waals surface area (Å²) in [4.78, 5) is 1.21. The van der Waals surface area contributed by atoms with Crippen molar-refractivity contribution in [2.24, 2.45) is 0 Å². The zero-order valence-electron chi connectivity index (χ0n) is 13.3. The standard InChI is InChI=1S/C18H21ClN2S2/c1-13(2)14-3-7-16(8-4-14)21-18(22)20-11-12-23-17-9-5-15(19)6-10-17/h3-10,13H,11-12H2,1-2H3,(H2,20,21,22). The molecule has 0 radical (unpaired) electrons. The number of nitrogens with one attached hydrogen (secondary N) is 2. The molecule has 0 aliphatic rings. The number of anilines is 1. The highest BCUT2D eigenvalue weighted by Crippen LogP contribution is 2.20. The monoisotopic (exact) mass is 364 g/mol. The first kappa shape index (κ1) is 18.1. The Morgan fingerprint density at radius 2 is 1.74 bits per heavy atom. The summed E-state index contributed by atoms with van der Waals surface area (Å²) < 4.78 is 0. The van der Waals surface area contributed by atoms with Gasteiger partial charge in [0, 0.05) is 27.9 Å². The minimum absolute atomic E-state index is 0.541. The van der Waals surface area contributed by atoms with Crippen LogP contribution in [0.2, 0.25) is 5.02 Å². The second-order valence-electron chi connectivity index (χ2n) is 5.46. The summed E-state index contributed by atoms with van der Waals surface area (Å²) in [6.07, 6.45) is 0. The molecular formula is C18H21ClN2S2. The maximum absolute atomic E-state index is 5.87. The molecule has 0 aliphatic carbocycles. The Morgan fingerprint density at radius 3 is 2.35 bits per heavy atom. The molecule has 0 aromatic heterocycles. The van der Waals surface area contributed by atoms with E-state index >= 15 is 0 Å². The summed E-state index contributed by atoms with van der Waals surface area (Å²) >= 11 is 13.0. The molecule has 0 spiro atoms. The van der Waals surface area contributed by atoms with Crippen LogP contribution in [0, 0.1) is 0 Å². The Balaban J connectivity index is 1.69. The van der Waals surface area contributed by atoms with Crippen LogP contribution in [0.15, 0.2) is 53.4 Å². The third-order valence-corrected chi connectivity index (χ3v) is 4.82. The van der Waals surface area contributed by atoms with Crippen LogP contribution < -0.4 is 10.6 Å². The third kappa shape index (κ3) is 6.42. The molecule has 23 heavy (non-hydrogen) atoms. The predicted octanol–water partition coefficient (Wildman–Crippen LogP) is 5.54. The van der Waals surface area contributed by atoms with Gasteiger partial charge in [0.25, 0.3) is 0 Å². The van der Waals surface area contributed by atoms with Crippen LogP contribution in [0.4, 0.5) is 5.69 Å². The Hall–Kier alpha value is -1.23. The molecule has 0 heterocycles. The lowest BCUT2D eigenvalue weighted by Gasteiger charge is -2.12. The summed E-state index contributed by atoms with van der Waals surface area (Å²) in [7, 11) is 0. The average Bonchev–Trinajstić information content (AvgIpc) is 2.54. The zero-order valence-corrected chi connectivity index (χ0v) is 15.7. The molecular weight excluding hydrogens is 344 g/mol. The van der Waals surface area contributed by atoms with E-state index in [9.17, 15) is 0 Å². The van der Waals surface area contributed by atoms with Crippen LogP contribution in [0.5, 0.6) is 0 Å². The zero-order chi connectivity index (χ0) is 16.7. The van der Waals surface area contributed by atoms with E-state index in [1.807, 2.05) is 24.3 Å². The molecule has 0 saturated heterocycles. The molecule has 5 heteroatoms. The molecule has 2 rings (SSSR count). The highest BCUT2D eigenvalue weighted by atomic mass is 35.5. The second-order valence-corrected chi connectivity index (χ2v) is 7.47. The van der Waals surface area contributed by atoms with Crippen LogP contribution >= 0.6 is 35.6 Å². The fourth-order valence-electron chi connectivity index (χ4n) is 1.99. The van der Waals surface area contributed by atoms with E-state index in [-0.39, 0.29) is 0 Å². The predicted molar refractivity (Wildman–Crippen MR) is 107 cm³/mol. The number of thiocarbonyl (C=S) groups is 1. The Bertz CT molecular complexity index is 624. The number of hydrogen-bond acceptors (Lipinski definition) is 2. The third-order valence-electron chi connectivity index (χ3n) is 3.31. The van der Waals surface area contributed by atoms with Crippen molar-refractivity contribution in [3.05, 3.63) is 59.1 Å². The average molecular weight is 365 g/mol. The highest BCUT2D eigenvalue weighted by molar-refractivity contribution is 7.99. The van der Waals surface area contributed by atoms with E-state index in [1.54, 1.807) is 11.8 Å². The topological polar surface area (TPSA) is 24.1 Å². The lowest BCUT2D eigenvalue weighted by atomic mass is 10.0. The van der Waals surface area contributed by atoms with Crippen LogP contribution in [0.1, 0.15) is 25.3 Å². The molecule has 0 atom stereocenters. The maximum Gasteiger partial charge on any atom is 0.170 e. The van der Waals surface area contributed by atoms with Crippen molar-refractivity contribution in [2.75, 3.05) is 17.6 Å². The largest absolute Gasteiger partial charge is 0.362 e. The number of rotatable bonds is 6. The molecule has 0 unspecified atom stereocenters. The van der Waals surface area contributed by atoms with Crippen molar-refractivity contribution < 1.29 is 0 Å². The SMILES string of the molecule is CC(C)c1ccc(NC(=S)NCCSc2ccc(Cl)cc2)cc1. The summed E-state index contributed by atoms with van der Waals surface area (Å²) in [5, 5.41) is 7.85. The van der Waals surface area contributed by atoms with Gasteiger partial charge >= 0.3 is 0 Å². The van der Waals surface area contributed by atoms with E-state index < -0.39 is 0 Å². The van der Waals surface area contributed by atoms with Gasteiger partial charge in [-0.15, -0.1) is 11.8 Å². The second kappa shape index (κ2) is 9.16. The molecule has 0 fully saturated rings. The van der Waals surface area contributed by atoms with Crippen LogP contribution in [-0.4, -0.2) is 17.4 Å². The molecule has 0 aliphatic heterocycles. The van der Waals surface area contributed by atoms with Gasteiger partial charge in [-0.05, 0) is 60.1 Å². The van der Waals surface area contributed by atoms with Gasteiger partial charge in [0.2, 0.25) is 0 Å².